The first-order valence-corrected chi connectivity index (χ1v) is 14.5. The van der Waals surface area contributed by atoms with Gasteiger partial charge in [-0.25, -0.2) is 4.79 Å². The van der Waals surface area contributed by atoms with E-state index in [4.69, 9.17) is 4.74 Å². The third-order valence-corrected chi connectivity index (χ3v) is 7.64. The summed E-state index contributed by atoms with van der Waals surface area (Å²) in [6.07, 6.45) is 9.91. The van der Waals surface area contributed by atoms with Crippen LogP contribution in [0, 0.1) is 0 Å². The molecule has 2 aliphatic rings. The minimum absolute atomic E-state index is 0.185. The molecule has 212 valence electrons. The van der Waals surface area contributed by atoms with Gasteiger partial charge in [0.25, 0.3) is 23.6 Å². The SMILES string of the molecule is CCCCCCCCCCOC(=O)[C@H](CCCCN1C(=O)c2ccccc2C1=O)N1C(=O)c2ccccc2C1=O. The van der Waals surface area contributed by atoms with Crippen molar-refractivity contribution in [3.63, 3.8) is 0 Å². The van der Waals surface area contributed by atoms with Gasteiger partial charge in [-0.2, -0.15) is 0 Å². The molecule has 0 spiro atoms. The van der Waals surface area contributed by atoms with Crippen molar-refractivity contribution in [1.82, 2.24) is 9.80 Å². The average Bonchev–Trinajstić information content (AvgIpc) is 3.36. The number of esters is 1. The van der Waals surface area contributed by atoms with Crippen LogP contribution >= 0.6 is 0 Å². The number of nitrogens with zero attached hydrogens (tertiary/aromatic N) is 2. The van der Waals surface area contributed by atoms with E-state index >= 15 is 0 Å². The number of rotatable bonds is 16. The first-order chi connectivity index (χ1) is 19.5. The van der Waals surface area contributed by atoms with Gasteiger partial charge in [-0.1, -0.05) is 76.1 Å². The average molecular weight is 547 g/mol. The molecule has 2 heterocycles. The summed E-state index contributed by atoms with van der Waals surface area (Å²) in [6, 6.07) is 12.2. The smallest absolute Gasteiger partial charge is 0.329 e. The molecule has 2 aromatic carbocycles. The van der Waals surface area contributed by atoms with E-state index in [2.05, 4.69) is 6.92 Å². The number of hydrogen-bond donors (Lipinski definition) is 0. The predicted octanol–water partition coefficient (Wildman–Crippen LogP) is 5.80. The summed E-state index contributed by atoms with van der Waals surface area (Å²) in [5.74, 6) is -2.27. The molecule has 0 aliphatic carbocycles. The van der Waals surface area contributed by atoms with E-state index in [9.17, 15) is 24.0 Å². The molecular weight excluding hydrogens is 508 g/mol. The number of unbranched alkanes of at least 4 members (excludes halogenated alkanes) is 8. The van der Waals surface area contributed by atoms with Crippen molar-refractivity contribution >= 4 is 29.6 Å². The second-order valence-corrected chi connectivity index (χ2v) is 10.5. The van der Waals surface area contributed by atoms with E-state index < -0.39 is 23.8 Å². The first kappa shape index (κ1) is 29.2. The molecule has 1 atom stereocenters. The normalized spacial score (nSPS) is 15.0. The molecule has 2 aliphatic heterocycles. The summed E-state index contributed by atoms with van der Waals surface area (Å²) >= 11 is 0. The minimum Gasteiger partial charge on any atom is -0.464 e. The summed E-state index contributed by atoms with van der Waals surface area (Å²) in [5.41, 5.74) is 1.33. The Labute approximate surface area is 235 Å². The zero-order chi connectivity index (χ0) is 28.5. The van der Waals surface area contributed by atoms with Crippen LogP contribution in [0.4, 0.5) is 0 Å². The number of amides is 4. The molecule has 0 radical (unpaired) electrons. The molecular formula is C32H38N2O6. The van der Waals surface area contributed by atoms with Crippen molar-refractivity contribution in [3.05, 3.63) is 70.8 Å². The lowest BCUT2D eigenvalue weighted by Crippen LogP contribution is -2.45. The Balaban J connectivity index is 1.32. The van der Waals surface area contributed by atoms with E-state index in [1.165, 1.54) is 37.0 Å². The van der Waals surface area contributed by atoms with Gasteiger partial charge >= 0.3 is 5.97 Å². The number of hydrogen-bond acceptors (Lipinski definition) is 6. The maximum atomic E-state index is 13.2. The minimum atomic E-state index is -1.07. The van der Waals surface area contributed by atoms with Gasteiger partial charge in [0.2, 0.25) is 0 Å². The van der Waals surface area contributed by atoms with Gasteiger partial charge in [0.15, 0.2) is 0 Å². The molecule has 0 unspecified atom stereocenters. The monoisotopic (exact) mass is 546 g/mol. The van der Waals surface area contributed by atoms with Gasteiger partial charge < -0.3 is 4.74 Å². The van der Waals surface area contributed by atoms with Gasteiger partial charge in [-0.3, -0.25) is 29.0 Å². The highest BCUT2D eigenvalue weighted by Gasteiger charge is 2.43. The number of imide groups is 2. The lowest BCUT2D eigenvalue weighted by molar-refractivity contribution is -0.148. The molecule has 0 aromatic heterocycles. The summed E-state index contributed by atoms with van der Waals surface area (Å²) < 4.78 is 5.56. The Hall–Kier alpha value is -3.81. The van der Waals surface area contributed by atoms with Gasteiger partial charge in [0, 0.05) is 6.54 Å². The zero-order valence-electron chi connectivity index (χ0n) is 23.2. The summed E-state index contributed by atoms with van der Waals surface area (Å²) in [6.45, 7) is 2.62. The number of carbonyl (C=O) groups excluding carboxylic acids is 5. The van der Waals surface area contributed by atoms with Gasteiger partial charge in [-0.15, -0.1) is 0 Å². The fraction of sp³-hybridized carbons (Fsp3) is 0.469. The van der Waals surface area contributed by atoms with Gasteiger partial charge in [0.05, 0.1) is 28.9 Å². The molecule has 2 aromatic rings. The lowest BCUT2D eigenvalue weighted by Gasteiger charge is -2.25. The van der Waals surface area contributed by atoms with Crippen molar-refractivity contribution in [3.8, 4) is 0 Å². The number of benzene rings is 2. The van der Waals surface area contributed by atoms with Crippen LogP contribution in [0.5, 0.6) is 0 Å². The van der Waals surface area contributed by atoms with Crippen molar-refractivity contribution in [1.29, 1.82) is 0 Å². The van der Waals surface area contributed by atoms with E-state index in [0.717, 1.165) is 24.2 Å². The molecule has 4 amide bonds. The molecule has 4 rings (SSSR count). The van der Waals surface area contributed by atoms with Crippen molar-refractivity contribution in [2.24, 2.45) is 0 Å². The fourth-order valence-electron chi connectivity index (χ4n) is 5.40. The first-order valence-electron chi connectivity index (χ1n) is 14.5. The molecule has 8 heteroatoms. The van der Waals surface area contributed by atoms with E-state index in [1.807, 2.05) is 0 Å². The number of carbonyl (C=O) groups is 5. The van der Waals surface area contributed by atoms with E-state index in [1.54, 1.807) is 48.5 Å². The van der Waals surface area contributed by atoms with Crippen molar-refractivity contribution < 1.29 is 28.7 Å². The van der Waals surface area contributed by atoms with Crippen LogP contribution in [-0.2, 0) is 9.53 Å². The van der Waals surface area contributed by atoms with Crippen LogP contribution in [-0.4, -0.2) is 58.6 Å². The standard InChI is InChI=1S/C32H38N2O6/c1-2-3-4-5-6-7-8-15-22-40-32(39)27(34-30(37)25-18-11-12-19-26(25)31(34)38)20-13-14-21-33-28(35)23-16-9-10-17-24(23)29(33)36/h9-12,16-19,27H,2-8,13-15,20-22H2,1H3/t27-/m0/s1. The maximum absolute atomic E-state index is 13.2. The van der Waals surface area contributed by atoms with Crippen LogP contribution in [0.3, 0.4) is 0 Å². The third kappa shape index (κ3) is 6.49. The number of fused-ring (bicyclic) bond motifs is 2. The Bertz CT molecular complexity index is 1190. The molecule has 0 bridgehead atoms. The molecule has 0 N–H and O–H groups in total. The molecule has 40 heavy (non-hydrogen) atoms. The topological polar surface area (TPSA) is 101 Å². The second kappa shape index (κ2) is 14.0. The highest BCUT2D eigenvalue weighted by molar-refractivity contribution is 6.23. The Kier molecular flexibility index (Phi) is 10.2. The second-order valence-electron chi connectivity index (χ2n) is 10.5. The summed E-state index contributed by atoms with van der Waals surface area (Å²) in [7, 11) is 0. The molecule has 0 fully saturated rings. The van der Waals surface area contributed by atoms with Gasteiger partial charge in [-0.05, 0) is 49.9 Å². The van der Waals surface area contributed by atoms with Crippen LogP contribution in [0.15, 0.2) is 48.5 Å². The van der Waals surface area contributed by atoms with Crippen LogP contribution in [0.25, 0.3) is 0 Å². The third-order valence-electron chi connectivity index (χ3n) is 7.64. The van der Waals surface area contributed by atoms with Crippen molar-refractivity contribution in [2.75, 3.05) is 13.2 Å². The van der Waals surface area contributed by atoms with Crippen molar-refractivity contribution in [2.45, 2.75) is 83.6 Å². The van der Waals surface area contributed by atoms with E-state index in [0.29, 0.717) is 24.0 Å². The predicted molar refractivity (Wildman–Crippen MR) is 150 cm³/mol. The lowest BCUT2D eigenvalue weighted by atomic mass is 10.1. The summed E-state index contributed by atoms with van der Waals surface area (Å²) in [4.78, 5) is 67.0. The molecule has 0 saturated heterocycles. The van der Waals surface area contributed by atoms with Crippen LogP contribution < -0.4 is 0 Å². The molecule has 0 saturated carbocycles. The Morgan fingerprint density at radius 3 is 1.65 bits per heavy atom. The largest absolute Gasteiger partial charge is 0.464 e. The maximum Gasteiger partial charge on any atom is 0.329 e. The number of ether oxygens (including phenoxy) is 1. The fourth-order valence-corrected chi connectivity index (χ4v) is 5.40. The quantitative estimate of drug-likeness (QED) is 0.150. The Morgan fingerprint density at radius 1 is 0.650 bits per heavy atom. The summed E-state index contributed by atoms with van der Waals surface area (Å²) in [5, 5.41) is 0. The van der Waals surface area contributed by atoms with Gasteiger partial charge in [0.1, 0.15) is 6.04 Å². The Morgan fingerprint density at radius 2 is 1.12 bits per heavy atom. The van der Waals surface area contributed by atoms with Crippen LogP contribution in [0.2, 0.25) is 0 Å². The zero-order valence-corrected chi connectivity index (χ0v) is 23.2. The van der Waals surface area contributed by atoms with E-state index in [-0.39, 0.29) is 42.5 Å². The highest BCUT2D eigenvalue weighted by atomic mass is 16.5. The highest BCUT2D eigenvalue weighted by Crippen LogP contribution is 2.28. The molecule has 8 nitrogen and oxygen atoms in total. The van der Waals surface area contributed by atoms with Crippen LogP contribution in [0.1, 0.15) is 119 Å².